The van der Waals surface area contributed by atoms with E-state index in [0.717, 1.165) is 13.0 Å². The molecule has 0 saturated heterocycles. The molecule has 0 radical (unpaired) electrons. The van der Waals surface area contributed by atoms with Crippen LogP contribution in [0.5, 0.6) is 0 Å². The first-order chi connectivity index (χ1) is 9.05. The summed E-state index contributed by atoms with van der Waals surface area (Å²) in [6, 6.07) is 0.569. The second-order valence-corrected chi connectivity index (χ2v) is 5.86. The Balaban J connectivity index is 2.22. The van der Waals surface area contributed by atoms with Crippen molar-refractivity contribution in [2.75, 3.05) is 20.6 Å². The highest BCUT2D eigenvalue weighted by Crippen LogP contribution is 2.45. The summed E-state index contributed by atoms with van der Waals surface area (Å²) >= 11 is 0. The van der Waals surface area contributed by atoms with E-state index in [1.807, 2.05) is 20.2 Å². The Morgan fingerprint density at radius 3 is 2.58 bits per heavy atom. The molecular weight excluding hydrogens is 240 g/mol. The van der Waals surface area contributed by atoms with Gasteiger partial charge in [-0.15, -0.1) is 6.58 Å². The fraction of sp³-hybridized carbons (Fsp3) is 0.733. The molecule has 0 heterocycles. The number of likely N-dealkylation sites (N-methyl/N-ethyl adjacent to an activating group) is 2. The van der Waals surface area contributed by atoms with Crippen LogP contribution in [0.4, 0.5) is 0 Å². The van der Waals surface area contributed by atoms with Crippen LogP contribution in [0.3, 0.4) is 0 Å². The molecule has 0 aliphatic heterocycles. The summed E-state index contributed by atoms with van der Waals surface area (Å²) in [7, 11) is 4.00. The van der Waals surface area contributed by atoms with Gasteiger partial charge in [0.2, 0.25) is 0 Å². The minimum Gasteiger partial charge on any atom is -0.315 e. The molecule has 2 saturated carbocycles. The van der Waals surface area contributed by atoms with E-state index in [1.54, 1.807) is 0 Å². The summed E-state index contributed by atoms with van der Waals surface area (Å²) in [6.07, 6.45) is 5.03. The minimum atomic E-state index is -0.673. The van der Waals surface area contributed by atoms with Crippen LogP contribution in [0.15, 0.2) is 12.7 Å². The highest BCUT2D eigenvalue weighted by Gasteiger charge is 2.53. The fourth-order valence-corrected chi connectivity index (χ4v) is 3.70. The highest BCUT2D eigenvalue weighted by molar-refractivity contribution is 6.13. The van der Waals surface area contributed by atoms with E-state index in [4.69, 9.17) is 0 Å². The number of carbonyl (C=O) groups is 2. The Bertz CT molecular complexity index is 376. The molecule has 0 amide bonds. The van der Waals surface area contributed by atoms with Crippen LogP contribution in [-0.2, 0) is 9.59 Å². The minimum absolute atomic E-state index is 0.170. The second kappa shape index (κ2) is 5.55. The van der Waals surface area contributed by atoms with E-state index in [9.17, 15) is 9.59 Å². The van der Waals surface area contributed by atoms with Crippen LogP contribution >= 0.6 is 0 Å². The number of carbonyl (C=O) groups excluding carboxylic acids is 2. The molecule has 0 bridgehead atoms. The molecule has 0 aromatic heterocycles. The maximum absolute atomic E-state index is 12.2. The van der Waals surface area contributed by atoms with Crippen molar-refractivity contribution in [3.63, 3.8) is 0 Å². The van der Waals surface area contributed by atoms with Gasteiger partial charge < -0.3 is 5.32 Å². The van der Waals surface area contributed by atoms with Gasteiger partial charge in [-0.25, -0.2) is 0 Å². The largest absolute Gasteiger partial charge is 0.315 e. The van der Waals surface area contributed by atoms with Gasteiger partial charge in [0.1, 0.15) is 11.6 Å². The number of hydrogen-bond donors (Lipinski definition) is 1. The molecule has 0 aromatic rings. The van der Waals surface area contributed by atoms with Crippen molar-refractivity contribution in [3.05, 3.63) is 12.7 Å². The van der Waals surface area contributed by atoms with Crippen molar-refractivity contribution in [1.82, 2.24) is 10.2 Å². The number of rotatable bonds is 4. The third-order valence-electron chi connectivity index (χ3n) is 4.90. The van der Waals surface area contributed by atoms with Gasteiger partial charge in [-0.2, -0.15) is 0 Å². The first-order valence-electron chi connectivity index (χ1n) is 7.10. The van der Waals surface area contributed by atoms with Gasteiger partial charge in [0, 0.05) is 31.5 Å². The molecule has 106 valence electrons. The van der Waals surface area contributed by atoms with Gasteiger partial charge in [-0.05, 0) is 33.4 Å². The topological polar surface area (TPSA) is 49.4 Å². The van der Waals surface area contributed by atoms with Gasteiger partial charge in [0.25, 0.3) is 0 Å². The lowest BCUT2D eigenvalue weighted by Crippen LogP contribution is -2.56. The van der Waals surface area contributed by atoms with Crippen LogP contribution in [0, 0.1) is 5.41 Å². The van der Waals surface area contributed by atoms with E-state index >= 15 is 0 Å². The molecule has 1 spiro atoms. The third kappa shape index (κ3) is 2.39. The quantitative estimate of drug-likeness (QED) is 0.611. The maximum Gasteiger partial charge on any atom is 0.146 e. The van der Waals surface area contributed by atoms with E-state index in [-0.39, 0.29) is 17.6 Å². The third-order valence-corrected chi connectivity index (χ3v) is 4.90. The van der Waals surface area contributed by atoms with E-state index in [2.05, 4.69) is 16.8 Å². The lowest BCUT2D eigenvalue weighted by molar-refractivity contribution is -0.138. The molecule has 2 aliphatic carbocycles. The summed E-state index contributed by atoms with van der Waals surface area (Å²) in [5, 5.41) is 3.33. The molecular formula is C15H24N2O2. The molecule has 0 aromatic carbocycles. The van der Waals surface area contributed by atoms with Crippen LogP contribution in [-0.4, -0.2) is 49.2 Å². The molecule has 2 aliphatic rings. The molecule has 2 rings (SSSR count). The number of nitrogens with one attached hydrogen (secondary N) is 1. The number of hydrogen-bond acceptors (Lipinski definition) is 4. The number of Topliss-reactive ketones (excluding diaryl/α,β-unsaturated/α-hetero) is 2. The Morgan fingerprint density at radius 2 is 2.05 bits per heavy atom. The first-order valence-corrected chi connectivity index (χ1v) is 7.10. The SMILES string of the molecule is C=CCN(C)[C@H]1CC2(CC[C@@H]1NC)C(=O)CCC2=O. The smallest absolute Gasteiger partial charge is 0.146 e. The monoisotopic (exact) mass is 264 g/mol. The van der Waals surface area contributed by atoms with Crippen molar-refractivity contribution < 1.29 is 9.59 Å². The van der Waals surface area contributed by atoms with Gasteiger partial charge in [-0.1, -0.05) is 6.08 Å². The van der Waals surface area contributed by atoms with Crippen molar-refractivity contribution in [1.29, 1.82) is 0 Å². The predicted molar refractivity (Wildman–Crippen MR) is 75.0 cm³/mol. The maximum atomic E-state index is 12.2. The molecule has 2 fully saturated rings. The van der Waals surface area contributed by atoms with E-state index in [0.29, 0.717) is 31.7 Å². The Kier molecular flexibility index (Phi) is 4.21. The molecule has 4 heteroatoms. The van der Waals surface area contributed by atoms with Gasteiger partial charge >= 0.3 is 0 Å². The van der Waals surface area contributed by atoms with Crippen LogP contribution < -0.4 is 5.32 Å². The second-order valence-electron chi connectivity index (χ2n) is 5.86. The summed E-state index contributed by atoms with van der Waals surface area (Å²) in [5.41, 5.74) is -0.673. The first kappa shape index (κ1) is 14.4. The van der Waals surface area contributed by atoms with Crippen molar-refractivity contribution in [3.8, 4) is 0 Å². The summed E-state index contributed by atoms with van der Waals surface area (Å²) in [5.74, 6) is 0.341. The summed E-state index contributed by atoms with van der Waals surface area (Å²) < 4.78 is 0. The van der Waals surface area contributed by atoms with E-state index < -0.39 is 5.41 Å². The molecule has 19 heavy (non-hydrogen) atoms. The summed E-state index contributed by atoms with van der Waals surface area (Å²) in [4.78, 5) is 26.6. The van der Waals surface area contributed by atoms with E-state index in [1.165, 1.54) is 0 Å². The average molecular weight is 264 g/mol. The van der Waals surface area contributed by atoms with Crippen LogP contribution in [0.1, 0.15) is 32.1 Å². The standard InChI is InChI=1S/C15H24N2O2/c1-4-9-17(3)12-10-15(8-7-11(12)16-2)13(18)5-6-14(15)19/h4,11-12,16H,1,5-10H2,2-3H3/t11-,12-/m0/s1. The van der Waals surface area contributed by atoms with Crippen molar-refractivity contribution in [2.45, 2.75) is 44.2 Å². The average Bonchev–Trinajstić information content (AvgIpc) is 2.68. The molecule has 1 N–H and O–H groups in total. The normalized spacial score (nSPS) is 30.3. The number of ketones is 2. The fourth-order valence-electron chi connectivity index (χ4n) is 3.70. The van der Waals surface area contributed by atoms with Gasteiger partial charge in [0.15, 0.2) is 0 Å². The highest BCUT2D eigenvalue weighted by atomic mass is 16.2. The lowest BCUT2D eigenvalue weighted by Gasteiger charge is -2.44. The molecule has 0 unspecified atom stereocenters. The number of nitrogens with zero attached hydrogens (tertiary/aromatic N) is 1. The van der Waals surface area contributed by atoms with Gasteiger partial charge in [-0.3, -0.25) is 14.5 Å². The van der Waals surface area contributed by atoms with Crippen molar-refractivity contribution >= 4 is 11.6 Å². The van der Waals surface area contributed by atoms with Crippen LogP contribution in [0.25, 0.3) is 0 Å². The lowest BCUT2D eigenvalue weighted by atomic mass is 9.67. The Labute approximate surface area is 115 Å². The Hall–Kier alpha value is -1.00. The van der Waals surface area contributed by atoms with Crippen molar-refractivity contribution in [2.24, 2.45) is 5.41 Å². The zero-order chi connectivity index (χ0) is 14.0. The zero-order valence-corrected chi connectivity index (χ0v) is 11.9. The Morgan fingerprint density at radius 1 is 1.42 bits per heavy atom. The zero-order valence-electron chi connectivity index (χ0n) is 11.9. The van der Waals surface area contributed by atoms with Crippen LogP contribution in [0.2, 0.25) is 0 Å². The molecule has 2 atom stereocenters. The molecule has 4 nitrogen and oxygen atoms in total. The summed E-state index contributed by atoms with van der Waals surface area (Å²) in [6.45, 7) is 4.55. The van der Waals surface area contributed by atoms with Gasteiger partial charge in [0.05, 0.1) is 5.41 Å². The predicted octanol–water partition coefficient (Wildman–Crippen LogP) is 1.16.